The number of hydrogen-bond donors (Lipinski definition) is 1. The fourth-order valence-electron chi connectivity index (χ4n) is 1.95. The Morgan fingerprint density at radius 3 is 2.62 bits per heavy atom. The Morgan fingerprint density at radius 1 is 1.31 bits per heavy atom. The van der Waals surface area contributed by atoms with Crippen molar-refractivity contribution >= 4 is 11.6 Å². The van der Waals surface area contributed by atoms with Gasteiger partial charge in [-0.3, -0.25) is 0 Å². The first-order chi connectivity index (χ1) is 6.33. The van der Waals surface area contributed by atoms with Crippen LogP contribution < -0.4 is 5.32 Å². The highest BCUT2D eigenvalue weighted by molar-refractivity contribution is 6.20. The molecule has 78 valence electrons. The van der Waals surface area contributed by atoms with Crippen LogP contribution in [0.5, 0.6) is 0 Å². The molecule has 0 radical (unpaired) electrons. The molecule has 0 saturated heterocycles. The summed E-state index contributed by atoms with van der Waals surface area (Å²) in [4.78, 5) is 0. The fourth-order valence-corrected chi connectivity index (χ4v) is 2.06. The van der Waals surface area contributed by atoms with Crippen molar-refractivity contribution in [2.45, 2.75) is 63.3 Å². The molecule has 1 fully saturated rings. The molecule has 1 atom stereocenters. The van der Waals surface area contributed by atoms with Crippen molar-refractivity contribution in [3.05, 3.63) is 0 Å². The van der Waals surface area contributed by atoms with Crippen LogP contribution in [0.25, 0.3) is 0 Å². The van der Waals surface area contributed by atoms with Crippen LogP contribution >= 0.6 is 11.6 Å². The largest absolute Gasteiger partial charge is 0.314 e. The minimum absolute atomic E-state index is 0.371. The number of alkyl halides is 1. The lowest BCUT2D eigenvalue weighted by molar-refractivity contribution is 0.371. The summed E-state index contributed by atoms with van der Waals surface area (Å²) in [5, 5.41) is 3.97. The topological polar surface area (TPSA) is 12.0 Å². The minimum Gasteiger partial charge on any atom is -0.314 e. The van der Waals surface area contributed by atoms with Gasteiger partial charge in [-0.2, -0.15) is 0 Å². The second-order valence-corrected chi connectivity index (χ2v) is 4.70. The van der Waals surface area contributed by atoms with Gasteiger partial charge in [0.2, 0.25) is 0 Å². The van der Waals surface area contributed by atoms with Gasteiger partial charge in [-0.25, -0.2) is 0 Å². The highest BCUT2D eigenvalue weighted by Crippen LogP contribution is 2.17. The van der Waals surface area contributed by atoms with E-state index in [0.29, 0.717) is 5.38 Å². The van der Waals surface area contributed by atoms with Gasteiger partial charge in [0.25, 0.3) is 0 Å². The van der Waals surface area contributed by atoms with E-state index >= 15 is 0 Å². The summed E-state index contributed by atoms with van der Waals surface area (Å²) < 4.78 is 0. The number of halogens is 1. The smallest absolute Gasteiger partial charge is 0.0345 e. The van der Waals surface area contributed by atoms with Crippen molar-refractivity contribution in [1.82, 2.24) is 5.32 Å². The molecule has 0 aliphatic heterocycles. The number of rotatable bonds is 5. The molecule has 0 aromatic rings. The zero-order valence-corrected chi connectivity index (χ0v) is 9.45. The van der Waals surface area contributed by atoms with E-state index in [9.17, 15) is 0 Å². The number of nitrogens with one attached hydrogen (secondary N) is 1. The predicted octanol–water partition coefficient (Wildman–Crippen LogP) is 3.32. The molecule has 1 unspecified atom stereocenters. The highest BCUT2D eigenvalue weighted by Gasteiger charge is 2.12. The Bertz CT molecular complexity index is 121. The second-order valence-electron chi connectivity index (χ2n) is 4.08. The zero-order chi connectivity index (χ0) is 9.52. The van der Waals surface area contributed by atoms with E-state index in [0.717, 1.165) is 25.4 Å². The molecular formula is C11H22ClN. The van der Waals surface area contributed by atoms with Crippen LogP contribution in [0, 0.1) is 0 Å². The van der Waals surface area contributed by atoms with Gasteiger partial charge in [-0.15, -0.1) is 11.6 Å². The van der Waals surface area contributed by atoms with E-state index in [2.05, 4.69) is 12.2 Å². The van der Waals surface area contributed by atoms with E-state index in [1.165, 1.54) is 32.1 Å². The maximum Gasteiger partial charge on any atom is 0.0345 e. The van der Waals surface area contributed by atoms with Gasteiger partial charge in [-0.05, 0) is 32.2 Å². The van der Waals surface area contributed by atoms with Crippen LogP contribution in [0.3, 0.4) is 0 Å². The van der Waals surface area contributed by atoms with E-state index in [1.807, 2.05) is 0 Å². The third kappa shape index (κ3) is 4.87. The van der Waals surface area contributed by atoms with E-state index < -0.39 is 0 Å². The molecule has 0 bridgehead atoms. The minimum atomic E-state index is 0.371. The Morgan fingerprint density at radius 2 is 2.00 bits per heavy atom. The Labute approximate surface area is 87.2 Å². The van der Waals surface area contributed by atoms with Crippen molar-refractivity contribution in [3.8, 4) is 0 Å². The Kier molecular flexibility index (Phi) is 5.81. The standard InChI is InChI=1S/C11H22ClN/c1-2-10(12)8-9-13-11-6-4-3-5-7-11/h10-11,13H,2-9H2,1H3. The van der Waals surface area contributed by atoms with Crippen LogP contribution in [-0.4, -0.2) is 18.0 Å². The summed E-state index contributed by atoms with van der Waals surface area (Å²) in [5.74, 6) is 0. The molecule has 0 heterocycles. The van der Waals surface area contributed by atoms with Gasteiger partial charge < -0.3 is 5.32 Å². The third-order valence-corrected chi connectivity index (χ3v) is 3.47. The third-order valence-electron chi connectivity index (χ3n) is 2.94. The lowest BCUT2D eigenvalue weighted by Gasteiger charge is -2.23. The predicted molar refractivity (Wildman–Crippen MR) is 59.4 cm³/mol. The lowest BCUT2D eigenvalue weighted by atomic mass is 9.95. The van der Waals surface area contributed by atoms with Gasteiger partial charge in [0, 0.05) is 11.4 Å². The summed E-state index contributed by atoms with van der Waals surface area (Å²) >= 11 is 6.04. The van der Waals surface area contributed by atoms with E-state index in [4.69, 9.17) is 11.6 Å². The van der Waals surface area contributed by atoms with E-state index in [-0.39, 0.29) is 0 Å². The van der Waals surface area contributed by atoms with Crippen molar-refractivity contribution in [2.24, 2.45) is 0 Å². The van der Waals surface area contributed by atoms with Crippen LogP contribution in [0.1, 0.15) is 51.9 Å². The molecule has 0 aromatic heterocycles. The molecule has 1 rings (SSSR count). The lowest BCUT2D eigenvalue weighted by Crippen LogP contribution is -2.32. The van der Waals surface area contributed by atoms with Crippen LogP contribution in [0.15, 0.2) is 0 Å². The molecule has 1 aliphatic carbocycles. The molecular weight excluding hydrogens is 182 g/mol. The Hall–Kier alpha value is 0.250. The monoisotopic (exact) mass is 203 g/mol. The van der Waals surface area contributed by atoms with Gasteiger partial charge >= 0.3 is 0 Å². The summed E-state index contributed by atoms with van der Waals surface area (Å²) in [5.41, 5.74) is 0. The van der Waals surface area contributed by atoms with Crippen molar-refractivity contribution in [1.29, 1.82) is 0 Å². The van der Waals surface area contributed by atoms with Gasteiger partial charge in [0.15, 0.2) is 0 Å². The number of hydrogen-bond acceptors (Lipinski definition) is 1. The first-order valence-corrected chi connectivity index (χ1v) is 6.14. The van der Waals surface area contributed by atoms with Gasteiger partial charge in [0.1, 0.15) is 0 Å². The SMILES string of the molecule is CCC(Cl)CCNC1CCCCC1. The average Bonchev–Trinajstić information content (AvgIpc) is 2.19. The first kappa shape index (κ1) is 11.3. The fraction of sp³-hybridized carbons (Fsp3) is 1.00. The molecule has 1 N–H and O–H groups in total. The summed E-state index contributed by atoms with van der Waals surface area (Å²) in [6, 6.07) is 0.787. The first-order valence-electron chi connectivity index (χ1n) is 5.70. The maximum absolute atomic E-state index is 6.04. The van der Waals surface area contributed by atoms with Gasteiger partial charge in [0.05, 0.1) is 0 Å². The molecule has 0 spiro atoms. The molecule has 2 heteroatoms. The van der Waals surface area contributed by atoms with E-state index in [1.54, 1.807) is 0 Å². The van der Waals surface area contributed by atoms with Crippen LogP contribution in [0.2, 0.25) is 0 Å². The van der Waals surface area contributed by atoms with Crippen molar-refractivity contribution < 1.29 is 0 Å². The molecule has 1 nitrogen and oxygen atoms in total. The van der Waals surface area contributed by atoms with Crippen LogP contribution in [0.4, 0.5) is 0 Å². The average molecular weight is 204 g/mol. The second kappa shape index (κ2) is 6.67. The zero-order valence-electron chi connectivity index (χ0n) is 8.69. The molecule has 0 amide bonds. The molecule has 13 heavy (non-hydrogen) atoms. The maximum atomic E-state index is 6.04. The Balaban J connectivity index is 1.98. The highest BCUT2D eigenvalue weighted by atomic mass is 35.5. The quantitative estimate of drug-likeness (QED) is 0.677. The molecule has 1 aliphatic rings. The summed E-state index contributed by atoms with van der Waals surface area (Å²) in [7, 11) is 0. The molecule has 0 aromatic carbocycles. The van der Waals surface area contributed by atoms with Gasteiger partial charge in [-0.1, -0.05) is 26.2 Å². The molecule has 1 saturated carbocycles. The van der Waals surface area contributed by atoms with Crippen molar-refractivity contribution in [2.75, 3.05) is 6.54 Å². The van der Waals surface area contributed by atoms with Crippen molar-refractivity contribution in [3.63, 3.8) is 0 Å². The normalized spacial score (nSPS) is 21.7. The van der Waals surface area contributed by atoms with Crippen LogP contribution in [-0.2, 0) is 0 Å². The summed E-state index contributed by atoms with van der Waals surface area (Å²) in [6.07, 6.45) is 9.22. The summed E-state index contributed by atoms with van der Waals surface area (Å²) in [6.45, 7) is 3.25.